The average molecular weight is 353 g/mol. The van der Waals surface area contributed by atoms with Gasteiger partial charge in [-0.1, -0.05) is 48.0 Å². The second-order valence-corrected chi connectivity index (χ2v) is 8.49. The van der Waals surface area contributed by atoms with Crippen LogP contribution >= 0.6 is 7.60 Å². The molecule has 2 unspecified atom stereocenters. The van der Waals surface area contributed by atoms with Crippen molar-refractivity contribution in [2.75, 3.05) is 14.2 Å². The maximum absolute atomic E-state index is 12.8. The van der Waals surface area contributed by atoms with Crippen LogP contribution in [0.4, 0.5) is 0 Å². The summed E-state index contributed by atoms with van der Waals surface area (Å²) in [5, 5.41) is 0. The monoisotopic (exact) mass is 353 g/mol. The number of benzene rings is 2. The van der Waals surface area contributed by atoms with E-state index in [1.807, 2.05) is 37.3 Å². The van der Waals surface area contributed by atoms with Gasteiger partial charge in [0.1, 0.15) is 16.8 Å². The van der Waals surface area contributed by atoms with Gasteiger partial charge in [-0.25, -0.2) is 8.93 Å². The lowest BCUT2D eigenvalue weighted by atomic mass is 10.2. The van der Waals surface area contributed by atoms with Gasteiger partial charge in [0.25, 0.3) is 0 Å². The first-order valence-electron chi connectivity index (χ1n) is 7.01. The minimum absolute atomic E-state index is 0.593. The maximum Gasteiger partial charge on any atom is 0.352 e. The summed E-state index contributed by atoms with van der Waals surface area (Å²) in [5.74, 6) is -0.833. The molecule has 124 valence electrons. The van der Waals surface area contributed by atoms with Gasteiger partial charge in [0.15, 0.2) is 0 Å². The zero-order valence-corrected chi connectivity index (χ0v) is 15.0. The molecule has 23 heavy (non-hydrogen) atoms. The number of nitrogens with one attached hydrogen (secondary N) is 1. The van der Waals surface area contributed by atoms with Crippen molar-refractivity contribution < 1.29 is 17.8 Å². The summed E-state index contributed by atoms with van der Waals surface area (Å²) in [4.78, 5) is 0.593. The number of hydrogen-bond acceptors (Lipinski definition) is 4. The highest BCUT2D eigenvalue weighted by atomic mass is 32.2. The van der Waals surface area contributed by atoms with E-state index in [4.69, 9.17) is 9.05 Å². The Morgan fingerprint density at radius 1 is 1.00 bits per heavy atom. The van der Waals surface area contributed by atoms with Gasteiger partial charge in [-0.05, 0) is 24.6 Å². The Morgan fingerprint density at radius 2 is 1.57 bits per heavy atom. The fourth-order valence-corrected chi connectivity index (χ4v) is 4.84. The molecular weight excluding hydrogens is 333 g/mol. The Hall–Kier alpha value is -1.30. The first kappa shape index (κ1) is 18.0. The minimum atomic E-state index is -3.50. The van der Waals surface area contributed by atoms with Crippen LogP contribution in [0, 0.1) is 6.92 Å². The molecule has 7 heteroatoms. The van der Waals surface area contributed by atoms with E-state index < -0.39 is 24.4 Å². The smallest absolute Gasteiger partial charge is 0.311 e. The molecule has 0 amide bonds. The van der Waals surface area contributed by atoms with Crippen LogP contribution in [-0.4, -0.2) is 18.4 Å². The van der Waals surface area contributed by atoms with Crippen LogP contribution in [0.1, 0.15) is 16.9 Å². The van der Waals surface area contributed by atoms with E-state index in [1.165, 1.54) is 14.2 Å². The van der Waals surface area contributed by atoms with Gasteiger partial charge >= 0.3 is 7.60 Å². The van der Waals surface area contributed by atoms with Gasteiger partial charge in [-0.3, -0.25) is 4.57 Å². The molecule has 0 saturated heterocycles. The van der Waals surface area contributed by atoms with Crippen molar-refractivity contribution in [2.24, 2.45) is 0 Å². The van der Waals surface area contributed by atoms with Crippen molar-refractivity contribution in [3.63, 3.8) is 0 Å². The Labute approximate surface area is 139 Å². The van der Waals surface area contributed by atoms with Gasteiger partial charge in [0, 0.05) is 14.2 Å². The van der Waals surface area contributed by atoms with Gasteiger partial charge < -0.3 is 9.05 Å². The summed E-state index contributed by atoms with van der Waals surface area (Å²) in [6.45, 7) is 1.96. The molecule has 0 heterocycles. The predicted octanol–water partition coefficient (Wildman–Crippen LogP) is 3.79. The van der Waals surface area contributed by atoms with Gasteiger partial charge in [-0.2, -0.15) is 0 Å². The van der Waals surface area contributed by atoms with E-state index in [-0.39, 0.29) is 0 Å². The third kappa shape index (κ3) is 4.37. The number of aryl methyl sites for hydroxylation is 1. The zero-order chi connectivity index (χ0) is 16.9. The van der Waals surface area contributed by atoms with Crippen molar-refractivity contribution in [2.45, 2.75) is 17.6 Å². The molecule has 0 aliphatic heterocycles. The quantitative estimate of drug-likeness (QED) is 0.769. The summed E-state index contributed by atoms with van der Waals surface area (Å²) < 4.78 is 38.5. The highest BCUT2D eigenvalue weighted by molar-refractivity contribution is 7.83. The van der Waals surface area contributed by atoms with Crippen LogP contribution in [-0.2, 0) is 24.6 Å². The van der Waals surface area contributed by atoms with E-state index in [0.717, 1.165) is 5.56 Å². The van der Waals surface area contributed by atoms with E-state index in [9.17, 15) is 8.77 Å². The van der Waals surface area contributed by atoms with Crippen molar-refractivity contribution in [1.82, 2.24) is 4.72 Å². The standard InChI is InChI=1S/C16H20NO4PS/c1-13-9-11-15(12-10-13)23(19)17-16(22(18,20-2)21-3)14-7-5-4-6-8-14/h4-12,16-17H,1-3H3. The van der Waals surface area contributed by atoms with E-state index >= 15 is 0 Å². The molecule has 2 atom stereocenters. The van der Waals surface area contributed by atoms with Crippen LogP contribution in [0.15, 0.2) is 59.5 Å². The predicted molar refractivity (Wildman–Crippen MR) is 91.5 cm³/mol. The number of rotatable bonds is 7. The Morgan fingerprint density at radius 3 is 2.09 bits per heavy atom. The van der Waals surface area contributed by atoms with E-state index in [2.05, 4.69) is 4.72 Å². The molecule has 5 nitrogen and oxygen atoms in total. The Bertz CT molecular complexity index is 698. The third-order valence-corrected chi connectivity index (χ3v) is 6.80. The summed E-state index contributed by atoms with van der Waals surface area (Å²) in [5.41, 5.74) is 1.75. The Balaban J connectivity index is 2.33. The van der Waals surface area contributed by atoms with Gasteiger partial charge in [0.2, 0.25) is 0 Å². The normalized spacial score (nSPS) is 14.4. The average Bonchev–Trinajstić information content (AvgIpc) is 2.60. The second kappa shape index (κ2) is 7.99. The molecule has 0 aromatic heterocycles. The molecule has 0 aliphatic carbocycles. The van der Waals surface area contributed by atoms with Crippen LogP contribution in [0.5, 0.6) is 0 Å². The molecule has 2 aromatic carbocycles. The fraction of sp³-hybridized carbons (Fsp3) is 0.250. The van der Waals surface area contributed by atoms with Crippen LogP contribution in [0.25, 0.3) is 0 Å². The SMILES string of the molecule is COP(=O)(OC)C(NS(=O)c1ccc(C)cc1)c1ccccc1. The lowest BCUT2D eigenvalue weighted by molar-refractivity contribution is 0.264. The fourth-order valence-electron chi connectivity index (χ4n) is 2.07. The van der Waals surface area contributed by atoms with Crippen LogP contribution in [0.2, 0.25) is 0 Å². The van der Waals surface area contributed by atoms with E-state index in [0.29, 0.717) is 10.5 Å². The first-order valence-corrected chi connectivity index (χ1v) is 9.77. The van der Waals surface area contributed by atoms with Crippen LogP contribution in [0.3, 0.4) is 0 Å². The maximum atomic E-state index is 12.8. The number of hydrogen-bond donors (Lipinski definition) is 1. The second-order valence-electron chi connectivity index (χ2n) is 4.92. The third-order valence-electron chi connectivity index (χ3n) is 3.39. The van der Waals surface area contributed by atoms with Crippen molar-refractivity contribution in [1.29, 1.82) is 0 Å². The molecule has 2 aromatic rings. The molecule has 0 fully saturated rings. The summed E-state index contributed by atoms with van der Waals surface area (Å²) in [7, 11) is -2.42. The molecule has 0 bridgehead atoms. The summed E-state index contributed by atoms with van der Waals surface area (Å²) in [6.07, 6.45) is 0. The highest BCUT2D eigenvalue weighted by Gasteiger charge is 2.36. The van der Waals surface area contributed by atoms with Gasteiger partial charge in [0.05, 0.1) is 4.90 Å². The molecule has 0 saturated carbocycles. The van der Waals surface area contributed by atoms with Crippen molar-refractivity contribution in [3.8, 4) is 0 Å². The molecule has 1 N–H and O–H groups in total. The lowest BCUT2D eigenvalue weighted by Gasteiger charge is -2.25. The molecule has 0 radical (unpaired) electrons. The van der Waals surface area contributed by atoms with E-state index in [1.54, 1.807) is 24.3 Å². The van der Waals surface area contributed by atoms with Crippen molar-refractivity contribution in [3.05, 3.63) is 65.7 Å². The lowest BCUT2D eigenvalue weighted by Crippen LogP contribution is -2.25. The molecular formula is C16H20NO4PS. The molecule has 2 rings (SSSR count). The Kier molecular flexibility index (Phi) is 6.27. The molecule has 0 spiro atoms. The topological polar surface area (TPSA) is 64.6 Å². The largest absolute Gasteiger partial charge is 0.352 e. The van der Waals surface area contributed by atoms with Crippen LogP contribution < -0.4 is 4.72 Å². The highest BCUT2D eigenvalue weighted by Crippen LogP contribution is 2.58. The van der Waals surface area contributed by atoms with Gasteiger partial charge in [-0.15, -0.1) is 0 Å². The van der Waals surface area contributed by atoms with Crippen molar-refractivity contribution >= 4 is 18.6 Å². The first-order chi connectivity index (χ1) is 11.0. The zero-order valence-electron chi connectivity index (χ0n) is 13.3. The summed E-state index contributed by atoms with van der Waals surface area (Å²) in [6, 6.07) is 16.3. The minimum Gasteiger partial charge on any atom is -0.311 e. The molecule has 0 aliphatic rings. The summed E-state index contributed by atoms with van der Waals surface area (Å²) >= 11 is 0.